The molecule has 104 valence electrons. The van der Waals surface area contributed by atoms with Crippen molar-refractivity contribution in [3.63, 3.8) is 0 Å². The van der Waals surface area contributed by atoms with Gasteiger partial charge in [0.15, 0.2) is 0 Å². The third kappa shape index (κ3) is 4.99. The predicted molar refractivity (Wildman–Crippen MR) is 83.2 cm³/mol. The van der Waals surface area contributed by atoms with E-state index in [9.17, 15) is 4.79 Å². The lowest BCUT2D eigenvalue weighted by molar-refractivity contribution is -0.120. The van der Waals surface area contributed by atoms with Gasteiger partial charge in [-0.3, -0.25) is 4.79 Å². The molecule has 0 bridgehead atoms. The summed E-state index contributed by atoms with van der Waals surface area (Å²) in [5, 5.41) is 2.91. The Bertz CT molecular complexity index is 471. The SMILES string of the molecule is CCCC(NC(=O)Cc1cc(C)ccc1C)C(N)=S. The molecule has 1 atom stereocenters. The molecule has 1 rings (SSSR count). The quantitative estimate of drug-likeness (QED) is 0.786. The van der Waals surface area contributed by atoms with Gasteiger partial charge in [-0.15, -0.1) is 0 Å². The Balaban J connectivity index is 2.68. The molecule has 0 aliphatic carbocycles. The van der Waals surface area contributed by atoms with Crippen molar-refractivity contribution in [1.29, 1.82) is 0 Å². The van der Waals surface area contributed by atoms with Gasteiger partial charge >= 0.3 is 0 Å². The van der Waals surface area contributed by atoms with Crippen LogP contribution in [0.25, 0.3) is 0 Å². The number of amides is 1. The Labute approximate surface area is 120 Å². The predicted octanol–water partition coefficient (Wildman–Crippen LogP) is 2.42. The van der Waals surface area contributed by atoms with Crippen LogP contribution in [-0.2, 0) is 11.2 Å². The van der Waals surface area contributed by atoms with E-state index in [2.05, 4.69) is 5.32 Å². The van der Waals surface area contributed by atoms with E-state index in [1.165, 1.54) is 0 Å². The van der Waals surface area contributed by atoms with Gasteiger partial charge < -0.3 is 11.1 Å². The summed E-state index contributed by atoms with van der Waals surface area (Å²) in [6.45, 7) is 6.08. The van der Waals surface area contributed by atoms with Crippen LogP contribution < -0.4 is 11.1 Å². The number of hydrogen-bond donors (Lipinski definition) is 2. The first-order valence-corrected chi connectivity index (χ1v) is 6.99. The number of benzene rings is 1. The minimum atomic E-state index is -0.197. The Morgan fingerprint density at radius 1 is 1.42 bits per heavy atom. The van der Waals surface area contributed by atoms with Gasteiger partial charge in [-0.05, 0) is 31.4 Å². The van der Waals surface area contributed by atoms with Crippen molar-refractivity contribution >= 4 is 23.1 Å². The third-order valence-corrected chi connectivity index (χ3v) is 3.40. The maximum absolute atomic E-state index is 12.0. The van der Waals surface area contributed by atoms with Gasteiger partial charge in [0.25, 0.3) is 0 Å². The zero-order valence-corrected chi connectivity index (χ0v) is 12.6. The summed E-state index contributed by atoms with van der Waals surface area (Å²) < 4.78 is 0. The zero-order chi connectivity index (χ0) is 14.4. The molecule has 0 aliphatic heterocycles. The lowest BCUT2D eigenvalue weighted by atomic mass is 10.0. The minimum Gasteiger partial charge on any atom is -0.392 e. The van der Waals surface area contributed by atoms with E-state index in [-0.39, 0.29) is 11.9 Å². The lowest BCUT2D eigenvalue weighted by Gasteiger charge is -2.17. The fourth-order valence-electron chi connectivity index (χ4n) is 1.98. The summed E-state index contributed by atoms with van der Waals surface area (Å²) in [6, 6.07) is 5.93. The average molecular weight is 278 g/mol. The van der Waals surface area contributed by atoms with Gasteiger partial charge in [0, 0.05) is 0 Å². The normalized spacial score (nSPS) is 11.9. The fraction of sp³-hybridized carbons (Fsp3) is 0.467. The zero-order valence-electron chi connectivity index (χ0n) is 11.8. The molecule has 0 aromatic heterocycles. The van der Waals surface area contributed by atoms with Gasteiger partial charge in [0.2, 0.25) is 5.91 Å². The molecule has 3 nitrogen and oxygen atoms in total. The molecular weight excluding hydrogens is 256 g/mol. The Kier molecular flexibility index (Phi) is 5.96. The third-order valence-electron chi connectivity index (χ3n) is 3.11. The summed E-state index contributed by atoms with van der Waals surface area (Å²) in [5.74, 6) is -0.0278. The smallest absolute Gasteiger partial charge is 0.224 e. The average Bonchev–Trinajstić information content (AvgIpc) is 2.33. The van der Waals surface area contributed by atoms with Gasteiger partial charge in [-0.25, -0.2) is 0 Å². The Morgan fingerprint density at radius 2 is 2.11 bits per heavy atom. The molecule has 1 aromatic carbocycles. The molecule has 0 radical (unpaired) electrons. The highest BCUT2D eigenvalue weighted by Gasteiger charge is 2.14. The van der Waals surface area contributed by atoms with E-state index in [0.717, 1.165) is 29.5 Å². The summed E-state index contributed by atoms with van der Waals surface area (Å²) >= 11 is 4.98. The molecular formula is C15H22N2OS. The van der Waals surface area contributed by atoms with Crippen molar-refractivity contribution in [3.05, 3.63) is 34.9 Å². The lowest BCUT2D eigenvalue weighted by Crippen LogP contribution is -2.44. The second kappa shape index (κ2) is 7.24. The van der Waals surface area contributed by atoms with Gasteiger partial charge in [-0.2, -0.15) is 0 Å². The number of thiocarbonyl (C=S) groups is 1. The summed E-state index contributed by atoms with van der Waals surface area (Å²) in [6.07, 6.45) is 2.09. The van der Waals surface area contributed by atoms with Gasteiger partial charge in [0.05, 0.1) is 17.5 Å². The summed E-state index contributed by atoms with van der Waals surface area (Å²) in [7, 11) is 0. The van der Waals surface area contributed by atoms with Crippen LogP contribution in [0, 0.1) is 13.8 Å². The summed E-state index contributed by atoms with van der Waals surface area (Å²) in [4.78, 5) is 12.4. The molecule has 1 aromatic rings. The van der Waals surface area contributed by atoms with Crippen LogP contribution in [0.5, 0.6) is 0 Å². The van der Waals surface area contributed by atoms with E-state index in [1.807, 2.05) is 39.0 Å². The Morgan fingerprint density at radius 3 is 2.68 bits per heavy atom. The topological polar surface area (TPSA) is 55.1 Å². The molecule has 19 heavy (non-hydrogen) atoms. The monoisotopic (exact) mass is 278 g/mol. The number of aryl methyl sites for hydroxylation is 2. The van der Waals surface area contributed by atoms with Crippen molar-refractivity contribution < 1.29 is 4.79 Å². The van der Waals surface area contributed by atoms with E-state index in [1.54, 1.807) is 0 Å². The van der Waals surface area contributed by atoms with Crippen LogP contribution in [0.15, 0.2) is 18.2 Å². The second-order valence-electron chi connectivity index (χ2n) is 4.92. The molecule has 1 amide bonds. The molecule has 4 heteroatoms. The molecule has 0 heterocycles. The highest BCUT2D eigenvalue weighted by atomic mass is 32.1. The van der Waals surface area contributed by atoms with Crippen molar-refractivity contribution in [2.45, 2.75) is 46.1 Å². The fourth-order valence-corrected chi connectivity index (χ4v) is 2.16. The van der Waals surface area contributed by atoms with Crippen molar-refractivity contribution in [3.8, 4) is 0 Å². The molecule has 0 saturated heterocycles. The number of hydrogen-bond acceptors (Lipinski definition) is 2. The largest absolute Gasteiger partial charge is 0.392 e. The van der Waals surface area contributed by atoms with E-state index in [4.69, 9.17) is 18.0 Å². The molecule has 1 unspecified atom stereocenters. The number of carbonyl (C=O) groups excluding carboxylic acids is 1. The van der Waals surface area contributed by atoms with E-state index < -0.39 is 0 Å². The molecule has 0 saturated carbocycles. The van der Waals surface area contributed by atoms with Crippen LogP contribution in [0.4, 0.5) is 0 Å². The molecule has 0 aliphatic rings. The summed E-state index contributed by atoms with van der Waals surface area (Å²) in [5.41, 5.74) is 8.97. The van der Waals surface area contributed by atoms with Crippen LogP contribution in [0.3, 0.4) is 0 Å². The van der Waals surface area contributed by atoms with Gasteiger partial charge in [0.1, 0.15) is 0 Å². The first-order chi connectivity index (χ1) is 8.93. The molecule has 0 spiro atoms. The van der Waals surface area contributed by atoms with Crippen LogP contribution in [-0.4, -0.2) is 16.9 Å². The minimum absolute atomic E-state index is 0.0278. The van der Waals surface area contributed by atoms with Gasteiger partial charge in [-0.1, -0.05) is 49.3 Å². The van der Waals surface area contributed by atoms with E-state index >= 15 is 0 Å². The van der Waals surface area contributed by atoms with Crippen LogP contribution in [0.1, 0.15) is 36.5 Å². The van der Waals surface area contributed by atoms with E-state index in [0.29, 0.717) is 11.4 Å². The van der Waals surface area contributed by atoms with Crippen molar-refractivity contribution in [2.24, 2.45) is 5.73 Å². The van der Waals surface area contributed by atoms with Crippen LogP contribution >= 0.6 is 12.2 Å². The number of nitrogens with two attached hydrogens (primary N) is 1. The number of carbonyl (C=O) groups is 1. The highest BCUT2D eigenvalue weighted by molar-refractivity contribution is 7.80. The standard InChI is InChI=1S/C15H22N2OS/c1-4-5-13(15(16)19)17-14(18)9-12-8-10(2)6-7-11(12)3/h6-8,13H,4-5,9H2,1-3H3,(H2,16,19)(H,17,18). The maximum atomic E-state index is 12.0. The number of rotatable bonds is 6. The second-order valence-corrected chi connectivity index (χ2v) is 5.39. The number of nitrogens with one attached hydrogen (secondary N) is 1. The highest BCUT2D eigenvalue weighted by Crippen LogP contribution is 2.11. The maximum Gasteiger partial charge on any atom is 0.224 e. The van der Waals surface area contributed by atoms with Crippen LogP contribution in [0.2, 0.25) is 0 Å². The molecule has 0 fully saturated rings. The first-order valence-electron chi connectivity index (χ1n) is 6.58. The van der Waals surface area contributed by atoms with Crippen molar-refractivity contribution in [2.75, 3.05) is 0 Å². The first kappa shape index (κ1) is 15.6. The molecule has 3 N–H and O–H groups in total. The van der Waals surface area contributed by atoms with Crippen molar-refractivity contribution in [1.82, 2.24) is 5.32 Å². The Hall–Kier alpha value is -1.42.